The van der Waals surface area contributed by atoms with Gasteiger partial charge in [0.15, 0.2) is 0 Å². The van der Waals surface area contributed by atoms with Gasteiger partial charge in [0, 0.05) is 5.69 Å². The minimum absolute atomic E-state index is 0.168. The van der Waals surface area contributed by atoms with Crippen LogP contribution >= 0.6 is 0 Å². The van der Waals surface area contributed by atoms with Crippen LogP contribution < -0.4 is 5.73 Å². The third-order valence-electron chi connectivity index (χ3n) is 1.61. The minimum Gasteiger partial charge on any atom is -0.507 e. The zero-order valence-corrected chi connectivity index (χ0v) is 6.53. The van der Waals surface area contributed by atoms with Crippen molar-refractivity contribution >= 4 is 11.7 Å². The molecule has 0 spiro atoms. The summed E-state index contributed by atoms with van der Waals surface area (Å²) in [4.78, 5) is 10.5. The molecule has 0 saturated heterocycles. The largest absolute Gasteiger partial charge is 0.507 e. The predicted molar refractivity (Wildman–Crippen MR) is 44.2 cm³/mol. The number of carboxylic acids is 1. The highest BCUT2D eigenvalue weighted by molar-refractivity contribution is 5.92. The average molecular weight is 167 g/mol. The molecular formula is C8H9NO3. The average Bonchev–Trinajstić information content (AvgIpc) is 1.96. The van der Waals surface area contributed by atoms with Gasteiger partial charge in [-0.05, 0) is 24.6 Å². The van der Waals surface area contributed by atoms with E-state index in [9.17, 15) is 4.79 Å². The second-order valence-electron chi connectivity index (χ2n) is 2.53. The maximum atomic E-state index is 10.5. The van der Waals surface area contributed by atoms with Crippen LogP contribution in [-0.4, -0.2) is 16.2 Å². The number of aryl methyl sites for hydroxylation is 1. The number of hydrogen-bond acceptors (Lipinski definition) is 3. The third-order valence-corrected chi connectivity index (χ3v) is 1.61. The molecule has 0 heterocycles. The van der Waals surface area contributed by atoms with Crippen molar-refractivity contribution in [3.05, 3.63) is 23.3 Å². The lowest BCUT2D eigenvalue weighted by Gasteiger charge is -2.03. The van der Waals surface area contributed by atoms with Crippen molar-refractivity contribution in [3.63, 3.8) is 0 Å². The summed E-state index contributed by atoms with van der Waals surface area (Å²) in [6.07, 6.45) is 0. The standard InChI is InChI=1S/C8H9NO3/c1-4-2-7(10)5(8(11)12)3-6(4)9/h2-3,10H,9H2,1H3,(H,11,12). The summed E-state index contributed by atoms with van der Waals surface area (Å²) in [5.74, 6) is -1.44. The third kappa shape index (κ3) is 1.32. The topological polar surface area (TPSA) is 83.5 Å². The summed E-state index contributed by atoms with van der Waals surface area (Å²) in [7, 11) is 0. The Morgan fingerprint density at radius 1 is 1.50 bits per heavy atom. The lowest BCUT2D eigenvalue weighted by molar-refractivity contribution is 0.0694. The molecule has 64 valence electrons. The Hall–Kier alpha value is -1.71. The van der Waals surface area contributed by atoms with Crippen LogP contribution in [0.4, 0.5) is 5.69 Å². The fourth-order valence-electron chi connectivity index (χ4n) is 0.881. The Balaban J connectivity index is 3.33. The molecule has 0 bridgehead atoms. The van der Waals surface area contributed by atoms with Crippen LogP contribution in [0.5, 0.6) is 5.75 Å². The quantitative estimate of drug-likeness (QED) is 0.430. The molecule has 0 radical (unpaired) electrons. The molecule has 0 aliphatic heterocycles. The summed E-state index contributed by atoms with van der Waals surface area (Å²) in [5.41, 5.74) is 6.31. The van der Waals surface area contributed by atoms with Gasteiger partial charge in [0.2, 0.25) is 0 Å². The summed E-state index contributed by atoms with van der Waals surface area (Å²) >= 11 is 0. The number of anilines is 1. The van der Waals surface area contributed by atoms with Gasteiger partial charge in [-0.3, -0.25) is 0 Å². The molecule has 0 amide bonds. The van der Waals surface area contributed by atoms with Crippen molar-refractivity contribution in [1.82, 2.24) is 0 Å². The fourth-order valence-corrected chi connectivity index (χ4v) is 0.881. The Kier molecular flexibility index (Phi) is 1.91. The van der Waals surface area contributed by atoms with E-state index in [1.54, 1.807) is 6.92 Å². The first-order valence-corrected chi connectivity index (χ1v) is 3.34. The van der Waals surface area contributed by atoms with Gasteiger partial charge in [-0.2, -0.15) is 0 Å². The normalized spacial score (nSPS) is 9.75. The number of carboxylic acid groups (broad SMARTS) is 1. The van der Waals surface area contributed by atoms with Gasteiger partial charge in [0.25, 0.3) is 0 Å². The van der Waals surface area contributed by atoms with Gasteiger partial charge in [0.05, 0.1) is 0 Å². The molecule has 0 atom stereocenters. The van der Waals surface area contributed by atoms with E-state index in [4.69, 9.17) is 15.9 Å². The van der Waals surface area contributed by atoms with E-state index < -0.39 is 5.97 Å². The summed E-state index contributed by atoms with van der Waals surface area (Å²) in [6.45, 7) is 1.70. The van der Waals surface area contributed by atoms with Gasteiger partial charge in [-0.15, -0.1) is 0 Å². The smallest absolute Gasteiger partial charge is 0.339 e. The fraction of sp³-hybridized carbons (Fsp3) is 0.125. The number of rotatable bonds is 1. The van der Waals surface area contributed by atoms with Crippen LogP contribution in [0, 0.1) is 6.92 Å². The van der Waals surface area contributed by atoms with Gasteiger partial charge in [0.1, 0.15) is 11.3 Å². The Bertz CT molecular complexity index is 333. The number of benzene rings is 1. The van der Waals surface area contributed by atoms with Crippen molar-refractivity contribution < 1.29 is 15.0 Å². The second kappa shape index (κ2) is 2.73. The minimum atomic E-state index is -1.18. The van der Waals surface area contributed by atoms with E-state index in [1.165, 1.54) is 12.1 Å². The Morgan fingerprint density at radius 2 is 2.08 bits per heavy atom. The first-order valence-electron chi connectivity index (χ1n) is 3.34. The number of nitrogen functional groups attached to an aromatic ring is 1. The van der Waals surface area contributed by atoms with E-state index >= 15 is 0 Å². The number of aromatic hydroxyl groups is 1. The van der Waals surface area contributed by atoms with E-state index in [2.05, 4.69) is 0 Å². The maximum Gasteiger partial charge on any atom is 0.339 e. The molecule has 12 heavy (non-hydrogen) atoms. The summed E-state index contributed by atoms with van der Waals surface area (Å²) in [6, 6.07) is 2.58. The summed E-state index contributed by atoms with van der Waals surface area (Å²) < 4.78 is 0. The molecular weight excluding hydrogens is 158 g/mol. The highest BCUT2D eigenvalue weighted by atomic mass is 16.4. The van der Waals surface area contributed by atoms with Crippen molar-refractivity contribution in [2.45, 2.75) is 6.92 Å². The molecule has 0 aromatic heterocycles. The monoisotopic (exact) mass is 167 g/mol. The van der Waals surface area contributed by atoms with Gasteiger partial charge in [-0.1, -0.05) is 0 Å². The van der Waals surface area contributed by atoms with Crippen molar-refractivity contribution in [3.8, 4) is 5.75 Å². The molecule has 4 heteroatoms. The van der Waals surface area contributed by atoms with Crippen LogP contribution in [0.25, 0.3) is 0 Å². The van der Waals surface area contributed by atoms with E-state index in [1.807, 2.05) is 0 Å². The molecule has 0 unspecified atom stereocenters. The highest BCUT2D eigenvalue weighted by Gasteiger charge is 2.10. The molecule has 1 aromatic rings. The number of phenols is 1. The molecule has 0 fully saturated rings. The van der Waals surface area contributed by atoms with Crippen LogP contribution in [0.3, 0.4) is 0 Å². The molecule has 1 rings (SSSR count). The van der Waals surface area contributed by atoms with Crippen LogP contribution in [0.2, 0.25) is 0 Å². The second-order valence-corrected chi connectivity index (χ2v) is 2.53. The maximum absolute atomic E-state index is 10.5. The van der Waals surface area contributed by atoms with Crippen LogP contribution in [0.15, 0.2) is 12.1 Å². The van der Waals surface area contributed by atoms with E-state index in [0.717, 1.165) is 0 Å². The van der Waals surface area contributed by atoms with Crippen molar-refractivity contribution in [2.24, 2.45) is 0 Å². The number of aromatic carboxylic acids is 1. The van der Waals surface area contributed by atoms with Crippen molar-refractivity contribution in [2.75, 3.05) is 5.73 Å². The lowest BCUT2D eigenvalue weighted by atomic mass is 10.1. The number of nitrogens with two attached hydrogens (primary N) is 1. The number of hydrogen-bond donors (Lipinski definition) is 3. The molecule has 0 aliphatic carbocycles. The SMILES string of the molecule is Cc1cc(O)c(C(=O)O)cc1N. The Labute approximate surface area is 69.3 Å². The predicted octanol–water partition coefficient (Wildman–Crippen LogP) is 0.981. The number of carbonyl (C=O) groups is 1. The lowest BCUT2D eigenvalue weighted by Crippen LogP contribution is -1.99. The van der Waals surface area contributed by atoms with Crippen LogP contribution in [0.1, 0.15) is 15.9 Å². The zero-order chi connectivity index (χ0) is 9.30. The van der Waals surface area contributed by atoms with Gasteiger partial charge >= 0.3 is 5.97 Å². The molecule has 4 N–H and O–H groups in total. The van der Waals surface area contributed by atoms with Crippen molar-refractivity contribution in [1.29, 1.82) is 0 Å². The zero-order valence-electron chi connectivity index (χ0n) is 6.53. The first-order chi connectivity index (χ1) is 5.52. The molecule has 0 saturated carbocycles. The first kappa shape index (κ1) is 8.39. The molecule has 1 aromatic carbocycles. The van der Waals surface area contributed by atoms with E-state index in [0.29, 0.717) is 11.3 Å². The summed E-state index contributed by atoms with van der Waals surface area (Å²) in [5, 5.41) is 17.7. The Morgan fingerprint density at radius 3 is 2.58 bits per heavy atom. The van der Waals surface area contributed by atoms with E-state index in [-0.39, 0.29) is 11.3 Å². The molecule has 4 nitrogen and oxygen atoms in total. The molecule has 0 aliphatic rings. The highest BCUT2D eigenvalue weighted by Crippen LogP contribution is 2.23. The van der Waals surface area contributed by atoms with Gasteiger partial charge in [-0.25, -0.2) is 4.79 Å². The van der Waals surface area contributed by atoms with Gasteiger partial charge < -0.3 is 15.9 Å². The van der Waals surface area contributed by atoms with Crippen LogP contribution in [-0.2, 0) is 0 Å².